The zero-order valence-electron chi connectivity index (χ0n) is 21.1. The van der Waals surface area contributed by atoms with Crippen molar-refractivity contribution in [2.75, 3.05) is 6.54 Å². The minimum absolute atomic E-state index is 0.125. The Morgan fingerprint density at radius 3 is 2.45 bits per heavy atom. The molecule has 38 heavy (non-hydrogen) atoms. The third kappa shape index (κ3) is 5.21. The smallest absolute Gasteiger partial charge is 0.287 e. The molecule has 2 amide bonds. The van der Waals surface area contributed by atoms with Crippen LogP contribution < -0.4 is 10.1 Å². The first kappa shape index (κ1) is 24.0. The number of hydrogen-bond acceptors (Lipinski definition) is 4. The Hall–Kier alpha value is -4.32. The lowest BCUT2D eigenvalue weighted by atomic mass is 9.87. The minimum Gasteiger partial charge on any atom is -0.486 e. The van der Waals surface area contributed by atoms with Gasteiger partial charge < -0.3 is 19.4 Å². The molecule has 1 fully saturated rings. The highest BCUT2D eigenvalue weighted by Gasteiger charge is 2.39. The molecule has 1 aliphatic carbocycles. The predicted octanol–water partition coefficient (Wildman–Crippen LogP) is 5.67. The molecule has 3 aromatic carbocycles. The monoisotopic (exact) mass is 506 g/mol. The van der Waals surface area contributed by atoms with Crippen LogP contribution in [0.4, 0.5) is 0 Å². The molecule has 1 atom stereocenters. The summed E-state index contributed by atoms with van der Waals surface area (Å²) in [5.41, 5.74) is 4.47. The van der Waals surface area contributed by atoms with E-state index in [2.05, 4.69) is 29.6 Å². The Balaban J connectivity index is 1.16. The van der Waals surface area contributed by atoms with E-state index in [0.29, 0.717) is 18.1 Å². The summed E-state index contributed by atoms with van der Waals surface area (Å²) in [7, 11) is 0. The molecule has 4 aromatic rings. The van der Waals surface area contributed by atoms with Gasteiger partial charge in [0.15, 0.2) is 5.76 Å². The molecule has 0 saturated heterocycles. The Morgan fingerprint density at radius 1 is 0.921 bits per heavy atom. The van der Waals surface area contributed by atoms with Crippen LogP contribution in [0.25, 0.3) is 0 Å². The largest absolute Gasteiger partial charge is 0.486 e. The minimum atomic E-state index is -0.264. The van der Waals surface area contributed by atoms with Crippen molar-refractivity contribution >= 4 is 11.8 Å². The van der Waals surface area contributed by atoms with Gasteiger partial charge in [0.1, 0.15) is 18.1 Å². The van der Waals surface area contributed by atoms with Gasteiger partial charge in [-0.1, -0.05) is 66.7 Å². The second-order valence-corrected chi connectivity index (χ2v) is 9.95. The van der Waals surface area contributed by atoms with Crippen LogP contribution in [0, 0.1) is 5.92 Å². The summed E-state index contributed by atoms with van der Waals surface area (Å²) < 4.78 is 11.8. The number of benzene rings is 3. The maximum atomic E-state index is 13.2. The van der Waals surface area contributed by atoms with Gasteiger partial charge in [-0.2, -0.15) is 0 Å². The fourth-order valence-electron chi connectivity index (χ4n) is 5.08. The molecule has 0 bridgehead atoms. The maximum Gasteiger partial charge on any atom is 0.287 e. The molecule has 6 heteroatoms. The molecule has 6 nitrogen and oxygen atoms in total. The highest BCUT2D eigenvalue weighted by Crippen LogP contribution is 2.41. The quantitative estimate of drug-likeness (QED) is 0.334. The van der Waals surface area contributed by atoms with E-state index in [1.54, 1.807) is 12.1 Å². The molecule has 2 heterocycles. The van der Waals surface area contributed by atoms with Crippen molar-refractivity contribution in [3.63, 3.8) is 0 Å². The van der Waals surface area contributed by atoms with E-state index in [0.717, 1.165) is 42.5 Å². The van der Waals surface area contributed by atoms with Crippen LogP contribution in [0.3, 0.4) is 0 Å². The fraction of sp³-hybridized carbons (Fsp3) is 0.250. The summed E-state index contributed by atoms with van der Waals surface area (Å²) >= 11 is 0. The third-order valence-electron chi connectivity index (χ3n) is 7.23. The Morgan fingerprint density at radius 2 is 1.68 bits per heavy atom. The zero-order chi connectivity index (χ0) is 25.9. The van der Waals surface area contributed by atoms with Gasteiger partial charge in [-0.3, -0.25) is 9.59 Å². The molecule has 6 rings (SSSR count). The highest BCUT2D eigenvalue weighted by atomic mass is 16.5. The Kier molecular flexibility index (Phi) is 6.69. The number of nitrogens with one attached hydrogen (secondary N) is 1. The van der Waals surface area contributed by atoms with Gasteiger partial charge in [-0.05, 0) is 65.8 Å². The normalized spacial score (nSPS) is 16.5. The van der Waals surface area contributed by atoms with Gasteiger partial charge in [0.05, 0.1) is 6.04 Å². The van der Waals surface area contributed by atoms with Crippen molar-refractivity contribution in [3.8, 4) is 5.75 Å². The summed E-state index contributed by atoms with van der Waals surface area (Å²) in [6, 6.07) is 29.4. The summed E-state index contributed by atoms with van der Waals surface area (Å²) in [6.45, 7) is 1.36. The first-order valence-electron chi connectivity index (χ1n) is 13.2. The van der Waals surface area contributed by atoms with Crippen LogP contribution in [0.15, 0.2) is 95.4 Å². The van der Waals surface area contributed by atoms with Crippen LogP contribution in [-0.2, 0) is 24.4 Å². The first-order chi connectivity index (χ1) is 18.7. The van der Waals surface area contributed by atoms with Crippen LogP contribution in [0.2, 0.25) is 0 Å². The van der Waals surface area contributed by atoms with Crippen LogP contribution >= 0.6 is 0 Å². The first-order valence-corrected chi connectivity index (χ1v) is 13.2. The van der Waals surface area contributed by atoms with Crippen molar-refractivity contribution in [2.24, 2.45) is 5.92 Å². The Labute approximate surface area is 222 Å². The topological polar surface area (TPSA) is 71.8 Å². The molecule has 1 aromatic heterocycles. The number of furan rings is 1. The zero-order valence-corrected chi connectivity index (χ0v) is 21.1. The van der Waals surface area contributed by atoms with E-state index in [1.807, 2.05) is 59.5 Å². The third-order valence-corrected chi connectivity index (χ3v) is 7.23. The van der Waals surface area contributed by atoms with Gasteiger partial charge in [0.25, 0.3) is 5.91 Å². The van der Waals surface area contributed by atoms with Gasteiger partial charge in [0.2, 0.25) is 5.91 Å². The standard InChI is InChI=1S/C32H30N2O4/c35-31(33-20-22-7-3-1-4-8-22)29-16-15-27(38-29)21-37-26-14-13-23-17-18-34(32(36)25-11-12-25)30(28(23)19-26)24-9-5-2-6-10-24/h1-10,13-16,19,25,30H,11-12,17-18,20-21H2,(H,33,35)/t30-/m1/s1. The number of fused-ring (bicyclic) bond motifs is 1. The molecule has 192 valence electrons. The highest BCUT2D eigenvalue weighted by molar-refractivity contribution is 5.91. The average Bonchev–Trinajstić information content (AvgIpc) is 3.71. The lowest BCUT2D eigenvalue weighted by Crippen LogP contribution is -2.41. The van der Waals surface area contributed by atoms with Gasteiger partial charge in [0, 0.05) is 19.0 Å². The molecule has 0 radical (unpaired) electrons. The van der Waals surface area contributed by atoms with Crippen molar-refractivity contribution in [2.45, 2.75) is 38.5 Å². The van der Waals surface area contributed by atoms with Crippen molar-refractivity contribution in [3.05, 3.63) is 125 Å². The van der Waals surface area contributed by atoms with Crippen LogP contribution in [0.1, 0.15) is 57.5 Å². The second kappa shape index (κ2) is 10.6. The second-order valence-electron chi connectivity index (χ2n) is 9.95. The van der Waals surface area contributed by atoms with E-state index in [4.69, 9.17) is 9.15 Å². The molecule has 1 aliphatic heterocycles. The number of carbonyl (C=O) groups excluding carboxylic acids is 2. The van der Waals surface area contributed by atoms with E-state index >= 15 is 0 Å². The predicted molar refractivity (Wildman–Crippen MR) is 144 cm³/mol. The van der Waals surface area contributed by atoms with Gasteiger partial charge in [-0.15, -0.1) is 0 Å². The molecule has 2 aliphatic rings. The van der Waals surface area contributed by atoms with E-state index < -0.39 is 0 Å². The summed E-state index contributed by atoms with van der Waals surface area (Å²) in [4.78, 5) is 27.7. The lowest BCUT2D eigenvalue weighted by Gasteiger charge is -2.38. The molecule has 1 N–H and O–H groups in total. The molecular weight excluding hydrogens is 476 g/mol. The average molecular weight is 507 g/mol. The van der Waals surface area contributed by atoms with E-state index in [1.165, 1.54) is 5.56 Å². The number of carbonyl (C=O) groups is 2. The van der Waals surface area contributed by atoms with Crippen LogP contribution in [0.5, 0.6) is 5.75 Å². The number of amides is 2. The van der Waals surface area contributed by atoms with Crippen LogP contribution in [-0.4, -0.2) is 23.3 Å². The summed E-state index contributed by atoms with van der Waals surface area (Å²) in [5, 5.41) is 2.88. The molecule has 0 unspecified atom stereocenters. The fourth-order valence-corrected chi connectivity index (χ4v) is 5.08. The van der Waals surface area contributed by atoms with Gasteiger partial charge >= 0.3 is 0 Å². The number of hydrogen-bond donors (Lipinski definition) is 1. The Bertz CT molecular complexity index is 1430. The maximum absolute atomic E-state index is 13.2. The summed E-state index contributed by atoms with van der Waals surface area (Å²) in [5.74, 6) is 1.68. The summed E-state index contributed by atoms with van der Waals surface area (Å²) in [6.07, 6.45) is 2.81. The van der Waals surface area contributed by atoms with Crippen molar-refractivity contribution < 1.29 is 18.7 Å². The molecule has 0 spiro atoms. The van der Waals surface area contributed by atoms with E-state index in [-0.39, 0.29) is 36.1 Å². The van der Waals surface area contributed by atoms with E-state index in [9.17, 15) is 9.59 Å². The number of ether oxygens (including phenoxy) is 1. The van der Waals surface area contributed by atoms with Gasteiger partial charge in [-0.25, -0.2) is 0 Å². The van der Waals surface area contributed by atoms with Crippen molar-refractivity contribution in [1.82, 2.24) is 10.2 Å². The number of rotatable bonds is 8. The SMILES string of the molecule is O=C(NCc1ccccc1)c1ccc(COc2ccc3c(c2)[C@@H](c2ccccc2)N(C(=O)C2CC2)CC3)o1. The molecule has 1 saturated carbocycles. The number of nitrogens with zero attached hydrogens (tertiary/aromatic N) is 1. The lowest BCUT2D eigenvalue weighted by molar-refractivity contribution is -0.134. The van der Waals surface area contributed by atoms with Crippen molar-refractivity contribution in [1.29, 1.82) is 0 Å². The molecular formula is C32H30N2O4.